The van der Waals surface area contributed by atoms with Crippen molar-refractivity contribution in [3.8, 4) is 5.75 Å². The summed E-state index contributed by atoms with van der Waals surface area (Å²) in [4.78, 5) is 23.7. The zero-order valence-corrected chi connectivity index (χ0v) is 14.9. The lowest BCUT2D eigenvalue weighted by Crippen LogP contribution is -2.04. The number of rotatable bonds is 5. The van der Waals surface area contributed by atoms with Gasteiger partial charge in [0.1, 0.15) is 17.9 Å². The van der Waals surface area contributed by atoms with Crippen molar-refractivity contribution in [3.63, 3.8) is 0 Å². The fraction of sp³-hybridized carbons (Fsp3) is 0.130. The zero-order chi connectivity index (χ0) is 18.8. The minimum absolute atomic E-state index is 0.0969. The monoisotopic (exact) mass is 358 g/mol. The van der Waals surface area contributed by atoms with Crippen molar-refractivity contribution in [2.24, 2.45) is 0 Å². The summed E-state index contributed by atoms with van der Waals surface area (Å²) in [5, 5.41) is 2.97. The van der Waals surface area contributed by atoms with Crippen molar-refractivity contribution in [1.29, 1.82) is 0 Å². The normalized spacial score (nSPS) is 11.0. The van der Waals surface area contributed by atoms with Gasteiger partial charge in [-0.3, -0.25) is 4.79 Å². The van der Waals surface area contributed by atoms with Crippen molar-refractivity contribution in [2.45, 2.75) is 20.0 Å². The van der Waals surface area contributed by atoms with Crippen LogP contribution in [0.1, 0.15) is 29.3 Å². The Kier molecular flexibility index (Phi) is 4.47. The fourth-order valence-corrected chi connectivity index (χ4v) is 3.24. The van der Waals surface area contributed by atoms with Gasteiger partial charge >= 0.3 is 5.63 Å². The molecular weight excluding hydrogens is 340 g/mol. The number of benzene rings is 3. The molecule has 0 fully saturated rings. The van der Waals surface area contributed by atoms with Crippen molar-refractivity contribution < 1.29 is 13.9 Å². The van der Waals surface area contributed by atoms with E-state index in [-0.39, 0.29) is 12.4 Å². The molecule has 0 bridgehead atoms. The van der Waals surface area contributed by atoms with Gasteiger partial charge in [-0.15, -0.1) is 0 Å². The van der Waals surface area contributed by atoms with E-state index in [1.54, 1.807) is 24.3 Å². The molecule has 0 atom stereocenters. The van der Waals surface area contributed by atoms with Gasteiger partial charge < -0.3 is 9.15 Å². The Bertz CT molecular complexity index is 1190. The first-order valence-electron chi connectivity index (χ1n) is 8.86. The zero-order valence-electron chi connectivity index (χ0n) is 14.9. The van der Waals surface area contributed by atoms with Crippen LogP contribution in [0, 0.1) is 0 Å². The number of Topliss-reactive ketones (excluding diaryl/α,β-unsaturated/α-hetero) is 1. The summed E-state index contributed by atoms with van der Waals surface area (Å²) in [6.45, 7) is 2.07. The largest absolute Gasteiger partial charge is 0.489 e. The number of ether oxygens (including phenoxy) is 1. The SMILES string of the molecule is CCC(=O)c1ccc(OCc2cc(=O)oc3ccc4ccccc4c23)cc1. The van der Waals surface area contributed by atoms with Crippen molar-refractivity contribution in [2.75, 3.05) is 0 Å². The van der Waals surface area contributed by atoms with Crippen molar-refractivity contribution in [1.82, 2.24) is 0 Å². The molecule has 0 aliphatic heterocycles. The summed E-state index contributed by atoms with van der Waals surface area (Å²) in [5.41, 5.74) is 1.58. The van der Waals surface area contributed by atoms with E-state index in [0.717, 1.165) is 21.7 Å². The number of hydrogen-bond donors (Lipinski definition) is 0. The lowest BCUT2D eigenvalue weighted by Gasteiger charge is -2.11. The van der Waals surface area contributed by atoms with E-state index < -0.39 is 5.63 Å². The Morgan fingerprint density at radius 1 is 1.00 bits per heavy atom. The minimum Gasteiger partial charge on any atom is -0.489 e. The molecule has 0 spiro atoms. The minimum atomic E-state index is -0.403. The van der Waals surface area contributed by atoms with E-state index in [0.29, 0.717) is 23.3 Å². The summed E-state index contributed by atoms with van der Waals surface area (Å²) in [6.07, 6.45) is 0.471. The van der Waals surface area contributed by atoms with Crippen LogP contribution in [0.25, 0.3) is 21.7 Å². The van der Waals surface area contributed by atoms with Gasteiger partial charge in [0.25, 0.3) is 0 Å². The van der Waals surface area contributed by atoms with Gasteiger partial charge in [0, 0.05) is 29.0 Å². The number of fused-ring (bicyclic) bond motifs is 3. The van der Waals surface area contributed by atoms with Gasteiger partial charge in [0.15, 0.2) is 5.78 Å². The lowest BCUT2D eigenvalue weighted by molar-refractivity contribution is 0.0988. The molecule has 4 heteroatoms. The van der Waals surface area contributed by atoms with Crippen LogP contribution in [0.2, 0.25) is 0 Å². The third-order valence-corrected chi connectivity index (χ3v) is 4.61. The van der Waals surface area contributed by atoms with Crippen LogP contribution < -0.4 is 10.4 Å². The van der Waals surface area contributed by atoms with Crippen molar-refractivity contribution >= 4 is 27.5 Å². The molecule has 0 aliphatic rings. The number of carbonyl (C=O) groups is 1. The Morgan fingerprint density at radius 2 is 1.78 bits per heavy atom. The first-order valence-corrected chi connectivity index (χ1v) is 8.86. The van der Waals surface area contributed by atoms with Crippen LogP contribution in [-0.2, 0) is 6.61 Å². The van der Waals surface area contributed by atoms with Gasteiger partial charge in [0.2, 0.25) is 0 Å². The molecule has 1 heterocycles. The lowest BCUT2D eigenvalue weighted by atomic mass is 10.0. The molecule has 0 saturated heterocycles. The fourth-order valence-electron chi connectivity index (χ4n) is 3.24. The first kappa shape index (κ1) is 17.0. The quantitative estimate of drug-likeness (QED) is 0.282. The van der Waals surface area contributed by atoms with Gasteiger partial charge in [-0.25, -0.2) is 4.79 Å². The predicted octanol–water partition coefficient (Wildman–Crippen LogP) is 5.12. The molecule has 4 nitrogen and oxygen atoms in total. The first-order chi connectivity index (χ1) is 13.2. The Balaban J connectivity index is 1.70. The Hall–Kier alpha value is -3.40. The van der Waals surface area contributed by atoms with E-state index in [4.69, 9.17) is 9.15 Å². The molecule has 27 heavy (non-hydrogen) atoms. The van der Waals surface area contributed by atoms with Gasteiger partial charge in [0.05, 0.1) is 0 Å². The molecule has 4 rings (SSSR count). The van der Waals surface area contributed by atoms with Crippen LogP contribution in [0.5, 0.6) is 5.75 Å². The number of hydrogen-bond acceptors (Lipinski definition) is 4. The molecule has 0 saturated carbocycles. The summed E-state index contributed by atoms with van der Waals surface area (Å²) in [6, 6.07) is 20.3. The summed E-state index contributed by atoms with van der Waals surface area (Å²) in [5.74, 6) is 0.740. The average molecular weight is 358 g/mol. The second-order valence-corrected chi connectivity index (χ2v) is 6.34. The molecule has 3 aromatic carbocycles. The van der Waals surface area contributed by atoms with Crippen LogP contribution in [0.4, 0.5) is 0 Å². The maximum Gasteiger partial charge on any atom is 0.336 e. The Morgan fingerprint density at radius 3 is 2.56 bits per heavy atom. The van der Waals surface area contributed by atoms with E-state index in [1.807, 2.05) is 43.3 Å². The second-order valence-electron chi connectivity index (χ2n) is 6.34. The van der Waals surface area contributed by atoms with E-state index in [1.165, 1.54) is 6.07 Å². The molecule has 0 radical (unpaired) electrons. The van der Waals surface area contributed by atoms with Crippen LogP contribution >= 0.6 is 0 Å². The van der Waals surface area contributed by atoms with E-state index in [9.17, 15) is 9.59 Å². The molecule has 0 aliphatic carbocycles. The van der Waals surface area contributed by atoms with Gasteiger partial charge in [-0.2, -0.15) is 0 Å². The smallest absolute Gasteiger partial charge is 0.336 e. The number of ketones is 1. The van der Waals surface area contributed by atoms with Crippen LogP contribution in [0.15, 0.2) is 75.9 Å². The molecule has 0 N–H and O–H groups in total. The highest BCUT2D eigenvalue weighted by Gasteiger charge is 2.10. The second kappa shape index (κ2) is 7.08. The molecule has 1 aromatic heterocycles. The van der Waals surface area contributed by atoms with E-state index >= 15 is 0 Å². The third-order valence-electron chi connectivity index (χ3n) is 4.61. The molecular formula is C23H18O4. The molecule has 4 aromatic rings. The predicted molar refractivity (Wildman–Crippen MR) is 105 cm³/mol. The van der Waals surface area contributed by atoms with Crippen LogP contribution in [-0.4, -0.2) is 5.78 Å². The van der Waals surface area contributed by atoms with Crippen LogP contribution in [0.3, 0.4) is 0 Å². The average Bonchev–Trinajstić information content (AvgIpc) is 2.71. The number of carbonyl (C=O) groups excluding carboxylic acids is 1. The van der Waals surface area contributed by atoms with Gasteiger partial charge in [-0.05, 0) is 41.1 Å². The highest BCUT2D eigenvalue weighted by Crippen LogP contribution is 2.28. The standard InChI is InChI=1S/C23H18O4/c1-2-20(24)16-7-10-18(11-8-16)26-14-17-13-22(25)27-21-12-9-15-5-3-4-6-19(15)23(17)21/h3-13H,2,14H2,1H3. The Labute approximate surface area is 156 Å². The maximum atomic E-state index is 11.9. The molecule has 134 valence electrons. The summed E-state index contributed by atoms with van der Waals surface area (Å²) < 4.78 is 11.2. The topological polar surface area (TPSA) is 56.5 Å². The van der Waals surface area contributed by atoms with E-state index in [2.05, 4.69) is 0 Å². The highest BCUT2D eigenvalue weighted by molar-refractivity contribution is 6.07. The third kappa shape index (κ3) is 3.34. The molecule has 0 unspecified atom stereocenters. The summed E-state index contributed by atoms with van der Waals surface area (Å²) >= 11 is 0. The van der Waals surface area contributed by atoms with Gasteiger partial charge in [-0.1, -0.05) is 37.3 Å². The maximum absolute atomic E-state index is 11.9. The highest BCUT2D eigenvalue weighted by atomic mass is 16.5. The van der Waals surface area contributed by atoms with Crippen molar-refractivity contribution in [3.05, 3.63) is 88.3 Å². The summed E-state index contributed by atoms with van der Waals surface area (Å²) in [7, 11) is 0. The molecule has 0 amide bonds.